The predicted octanol–water partition coefficient (Wildman–Crippen LogP) is 2.53. The molecule has 0 spiro atoms. The Morgan fingerprint density at radius 1 is 1.33 bits per heavy atom. The van der Waals surface area contributed by atoms with Gasteiger partial charge in [0, 0.05) is 36.5 Å². The lowest BCUT2D eigenvalue weighted by molar-refractivity contribution is -0.122. The van der Waals surface area contributed by atoms with Gasteiger partial charge in [-0.3, -0.25) is 9.69 Å². The topological polar surface area (TPSA) is 50.2 Å². The quantitative estimate of drug-likeness (QED) is 0.874. The zero-order valence-electron chi connectivity index (χ0n) is 13.7. The van der Waals surface area contributed by atoms with Crippen LogP contribution in [0.2, 0.25) is 5.02 Å². The van der Waals surface area contributed by atoms with Crippen molar-refractivity contribution in [1.82, 2.24) is 19.8 Å². The van der Waals surface area contributed by atoms with Gasteiger partial charge in [0.2, 0.25) is 5.91 Å². The Balaban J connectivity index is 1.40. The van der Waals surface area contributed by atoms with Gasteiger partial charge < -0.3 is 9.88 Å². The second-order valence-electron chi connectivity index (χ2n) is 6.27. The monoisotopic (exact) mass is 346 g/mol. The second-order valence-corrected chi connectivity index (χ2v) is 6.70. The molecule has 2 aromatic rings. The molecular formula is C18H23ClN4O. The number of amides is 1. The molecule has 128 valence electrons. The minimum atomic E-state index is 0.0928. The highest BCUT2D eigenvalue weighted by molar-refractivity contribution is 6.30. The fourth-order valence-corrected chi connectivity index (χ4v) is 3.29. The molecule has 24 heavy (non-hydrogen) atoms. The zero-order valence-corrected chi connectivity index (χ0v) is 14.5. The molecule has 1 aliphatic heterocycles. The van der Waals surface area contributed by atoms with Crippen molar-refractivity contribution in [1.29, 1.82) is 0 Å². The van der Waals surface area contributed by atoms with Crippen LogP contribution in [0.4, 0.5) is 0 Å². The summed E-state index contributed by atoms with van der Waals surface area (Å²) in [5, 5.41) is 3.75. The van der Waals surface area contributed by atoms with E-state index in [2.05, 4.69) is 19.8 Å². The van der Waals surface area contributed by atoms with Gasteiger partial charge in [-0.15, -0.1) is 0 Å². The Hall–Kier alpha value is -1.85. The molecule has 2 heterocycles. The fraction of sp³-hybridized carbons (Fsp3) is 0.444. The van der Waals surface area contributed by atoms with Crippen molar-refractivity contribution in [2.24, 2.45) is 0 Å². The van der Waals surface area contributed by atoms with Crippen LogP contribution in [0.5, 0.6) is 0 Å². The number of carbonyl (C=O) groups is 1. The number of aromatic nitrogens is 2. The van der Waals surface area contributed by atoms with Gasteiger partial charge in [0.05, 0.1) is 12.9 Å². The number of imidazole rings is 1. The largest absolute Gasteiger partial charge is 0.355 e. The van der Waals surface area contributed by atoms with Crippen LogP contribution < -0.4 is 5.32 Å². The average Bonchev–Trinajstić information content (AvgIpc) is 3.11. The number of benzene rings is 1. The molecule has 1 atom stereocenters. The Labute approximate surface area is 147 Å². The van der Waals surface area contributed by atoms with Gasteiger partial charge in [0.15, 0.2) is 0 Å². The normalized spacial score (nSPS) is 18.5. The molecule has 0 radical (unpaired) electrons. The van der Waals surface area contributed by atoms with Crippen LogP contribution >= 0.6 is 11.6 Å². The summed E-state index contributed by atoms with van der Waals surface area (Å²) in [4.78, 5) is 18.5. The minimum absolute atomic E-state index is 0.0928. The van der Waals surface area contributed by atoms with E-state index in [0.29, 0.717) is 19.1 Å². The van der Waals surface area contributed by atoms with E-state index in [1.54, 1.807) is 0 Å². The zero-order chi connectivity index (χ0) is 16.8. The highest BCUT2D eigenvalue weighted by Crippen LogP contribution is 2.20. The molecular weight excluding hydrogens is 324 g/mol. The van der Waals surface area contributed by atoms with E-state index >= 15 is 0 Å². The van der Waals surface area contributed by atoms with E-state index in [9.17, 15) is 4.79 Å². The molecule has 0 aliphatic carbocycles. The van der Waals surface area contributed by atoms with Crippen molar-refractivity contribution >= 4 is 17.5 Å². The van der Waals surface area contributed by atoms with Gasteiger partial charge in [-0.2, -0.15) is 0 Å². The smallest absolute Gasteiger partial charge is 0.234 e. The maximum Gasteiger partial charge on any atom is 0.234 e. The molecule has 1 amide bonds. The number of nitrogens with one attached hydrogen (secondary N) is 1. The first-order valence-corrected chi connectivity index (χ1v) is 8.79. The summed E-state index contributed by atoms with van der Waals surface area (Å²) in [6.45, 7) is 3.00. The van der Waals surface area contributed by atoms with Crippen LogP contribution in [0, 0.1) is 0 Å². The van der Waals surface area contributed by atoms with E-state index in [1.807, 2.05) is 43.0 Å². The summed E-state index contributed by atoms with van der Waals surface area (Å²) >= 11 is 5.87. The summed E-state index contributed by atoms with van der Waals surface area (Å²) in [6, 6.07) is 8.16. The Bertz CT molecular complexity index is 642. The van der Waals surface area contributed by atoms with Crippen molar-refractivity contribution in [2.45, 2.75) is 25.3 Å². The molecule has 0 bridgehead atoms. The number of piperidine rings is 1. The predicted molar refractivity (Wildman–Crippen MR) is 95.1 cm³/mol. The maximum atomic E-state index is 12.2. The van der Waals surface area contributed by atoms with E-state index in [1.165, 1.54) is 5.56 Å². The second kappa shape index (κ2) is 8.31. The summed E-state index contributed by atoms with van der Waals surface area (Å²) in [6.07, 6.45) is 8.75. The fourth-order valence-electron chi connectivity index (χ4n) is 3.16. The third-order valence-corrected chi connectivity index (χ3v) is 4.70. The van der Waals surface area contributed by atoms with Gasteiger partial charge in [0.25, 0.3) is 0 Å². The number of hydrogen-bond donors (Lipinski definition) is 1. The van der Waals surface area contributed by atoms with E-state index in [-0.39, 0.29) is 5.91 Å². The average molecular weight is 347 g/mol. The lowest BCUT2D eigenvalue weighted by Crippen LogP contribution is -2.43. The molecule has 6 heteroatoms. The van der Waals surface area contributed by atoms with Crippen LogP contribution in [0.3, 0.4) is 0 Å². The third-order valence-electron chi connectivity index (χ3n) is 4.44. The highest BCUT2D eigenvalue weighted by atomic mass is 35.5. The molecule has 1 saturated heterocycles. The molecule has 3 rings (SSSR count). The first kappa shape index (κ1) is 17.0. The number of rotatable bonds is 6. The summed E-state index contributed by atoms with van der Waals surface area (Å²) in [5.74, 6) is 0.0928. The Kier molecular flexibility index (Phi) is 5.88. The third kappa shape index (κ3) is 4.82. The Morgan fingerprint density at radius 3 is 2.92 bits per heavy atom. The van der Waals surface area contributed by atoms with Gasteiger partial charge in [-0.1, -0.05) is 23.7 Å². The first-order chi connectivity index (χ1) is 11.7. The molecule has 1 aromatic carbocycles. The van der Waals surface area contributed by atoms with E-state index in [0.717, 1.165) is 37.4 Å². The standard InChI is InChI=1S/C18H23ClN4O/c19-16-5-3-15(4-6-16)7-8-21-18(24)13-22-10-1-2-17(12-22)23-11-9-20-14-23/h3-6,9,11,14,17H,1-2,7-8,10,12-13H2,(H,21,24)/t17-/m0/s1. The molecule has 1 N–H and O–H groups in total. The van der Waals surface area contributed by atoms with Gasteiger partial charge in [-0.05, 0) is 43.5 Å². The number of hydrogen-bond acceptors (Lipinski definition) is 3. The molecule has 1 fully saturated rings. The van der Waals surface area contributed by atoms with Crippen molar-refractivity contribution < 1.29 is 4.79 Å². The van der Waals surface area contributed by atoms with Gasteiger partial charge in [0.1, 0.15) is 0 Å². The molecule has 0 unspecified atom stereocenters. The maximum absolute atomic E-state index is 12.2. The van der Waals surface area contributed by atoms with E-state index in [4.69, 9.17) is 11.6 Å². The molecule has 1 aliphatic rings. The molecule has 5 nitrogen and oxygen atoms in total. The Morgan fingerprint density at radius 2 is 2.17 bits per heavy atom. The van der Waals surface area contributed by atoms with Crippen molar-refractivity contribution in [3.05, 3.63) is 53.6 Å². The van der Waals surface area contributed by atoms with Gasteiger partial charge in [-0.25, -0.2) is 4.98 Å². The number of likely N-dealkylation sites (tertiary alicyclic amines) is 1. The van der Waals surface area contributed by atoms with Crippen LogP contribution in [0.15, 0.2) is 43.0 Å². The van der Waals surface area contributed by atoms with Crippen LogP contribution in [-0.4, -0.2) is 46.5 Å². The van der Waals surface area contributed by atoms with Crippen molar-refractivity contribution in [3.8, 4) is 0 Å². The van der Waals surface area contributed by atoms with E-state index < -0.39 is 0 Å². The van der Waals surface area contributed by atoms with Crippen molar-refractivity contribution in [3.63, 3.8) is 0 Å². The first-order valence-electron chi connectivity index (χ1n) is 8.41. The summed E-state index contributed by atoms with van der Waals surface area (Å²) in [7, 11) is 0. The lowest BCUT2D eigenvalue weighted by atomic mass is 10.1. The summed E-state index contributed by atoms with van der Waals surface area (Å²) < 4.78 is 2.14. The number of halogens is 1. The van der Waals surface area contributed by atoms with Crippen LogP contribution in [0.25, 0.3) is 0 Å². The lowest BCUT2D eigenvalue weighted by Gasteiger charge is -2.32. The summed E-state index contributed by atoms with van der Waals surface area (Å²) in [5.41, 5.74) is 1.18. The van der Waals surface area contributed by atoms with Crippen LogP contribution in [0.1, 0.15) is 24.4 Å². The SMILES string of the molecule is O=C(CN1CCC[C@H](n2ccnc2)C1)NCCc1ccc(Cl)cc1. The van der Waals surface area contributed by atoms with Crippen LogP contribution in [-0.2, 0) is 11.2 Å². The number of carbonyl (C=O) groups excluding carboxylic acids is 1. The minimum Gasteiger partial charge on any atom is -0.355 e. The number of nitrogens with zero attached hydrogens (tertiary/aromatic N) is 3. The highest BCUT2D eigenvalue weighted by Gasteiger charge is 2.22. The molecule has 1 aromatic heterocycles. The van der Waals surface area contributed by atoms with Crippen molar-refractivity contribution in [2.75, 3.05) is 26.2 Å². The van der Waals surface area contributed by atoms with Gasteiger partial charge >= 0.3 is 0 Å². The molecule has 0 saturated carbocycles.